The van der Waals surface area contributed by atoms with Gasteiger partial charge >= 0.3 is 0 Å². The van der Waals surface area contributed by atoms with E-state index in [9.17, 15) is 18.8 Å². The monoisotopic (exact) mass is 573 g/mol. The number of likely N-dealkylation sites (N-methyl/N-ethyl adjacent to an activating group) is 1. The minimum absolute atomic E-state index is 0.00302. The average Bonchev–Trinajstić information content (AvgIpc) is 3.53. The van der Waals surface area contributed by atoms with Gasteiger partial charge in [-0.3, -0.25) is 14.4 Å². The molecule has 3 fully saturated rings. The molecule has 0 aromatic heterocycles. The van der Waals surface area contributed by atoms with Crippen molar-refractivity contribution in [2.75, 3.05) is 33.2 Å². The van der Waals surface area contributed by atoms with Crippen LogP contribution in [0.25, 0.3) is 0 Å². The second-order valence-corrected chi connectivity index (χ2v) is 12.3. The smallest absolute Gasteiger partial charge is 0.228 e. The zero-order valence-electron chi connectivity index (χ0n) is 22.3. The summed E-state index contributed by atoms with van der Waals surface area (Å²) in [6.45, 7) is 3.89. The first-order chi connectivity index (χ1) is 18.5. The van der Waals surface area contributed by atoms with E-state index in [1.807, 2.05) is 17.9 Å². The summed E-state index contributed by atoms with van der Waals surface area (Å²) >= 11 is 12.6. The minimum atomic E-state index is -1.15. The fraction of sp³-hybridized carbons (Fsp3) is 0.500. The SMILES string of the molecule is CN(C(=O)Cc1ccc(F)cc1)[C@]1(C(=O)C2CCN(C(=O)C3(C)CC3)CC2)CNC[C@H]1c1ccc(Cl)c(Cl)c1. The number of hydrogen-bond acceptors (Lipinski definition) is 4. The Labute approximate surface area is 238 Å². The lowest BCUT2D eigenvalue weighted by Gasteiger charge is -2.45. The molecule has 1 saturated carbocycles. The molecule has 39 heavy (non-hydrogen) atoms. The largest absolute Gasteiger partial charge is 0.342 e. The number of likely N-dealkylation sites (tertiary alicyclic amines) is 1. The molecule has 2 aliphatic heterocycles. The number of Topliss-reactive ketones (excluding diaryl/α,β-unsaturated/α-hetero) is 1. The number of piperidine rings is 1. The number of ketones is 1. The van der Waals surface area contributed by atoms with Gasteiger partial charge in [-0.15, -0.1) is 0 Å². The van der Waals surface area contributed by atoms with Crippen LogP contribution in [0.3, 0.4) is 0 Å². The number of nitrogens with zero attached hydrogens (tertiary/aromatic N) is 2. The lowest BCUT2D eigenvalue weighted by Crippen LogP contribution is -2.62. The van der Waals surface area contributed by atoms with Crippen LogP contribution in [0.4, 0.5) is 4.39 Å². The Balaban J connectivity index is 1.43. The molecule has 2 atom stereocenters. The van der Waals surface area contributed by atoms with E-state index in [2.05, 4.69) is 5.32 Å². The maximum atomic E-state index is 14.5. The van der Waals surface area contributed by atoms with Gasteiger partial charge in [-0.05, 0) is 61.1 Å². The van der Waals surface area contributed by atoms with E-state index in [1.54, 1.807) is 36.2 Å². The summed E-state index contributed by atoms with van der Waals surface area (Å²) in [5.74, 6) is -1.03. The first-order valence-electron chi connectivity index (χ1n) is 13.6. The van der Waals surface area contributed by atoms with E-state index >= 15 is 0 Å². The highest BCUT2D eigenvalue weighted by molar-refractivity contribution is 6.42. The van der Waals surface area contributed by atoms with E-state index in [1.165, 1.54) is 12.1 Å². The highest BCUT2D eigenvalue weighted by Crippen LogP contribution is 2.47. The van der Waals surface area contributed by atoms with Crippen LogP contribution in [-0.2, 0) is 20.8 Å². The number of amides is 2. The summed E-state index contributed by atoms with van der Waals surface area (Å²) in [7, 11) is 1.69. The molecule has 2 aromatic carbocycles. The summed E-state index contributed by atoms with van der Waals surface area (Å²) in [5, 5.41) is 4.19. The fourth-order valence-electron chi connectivity index (χ4n) is 6.20. The third-order valence-corrected chi connectivity index (χ3v) is 9.74. The van der Waals surface area contributed by atoms with Gasteiger partial charge in [0.05, 0.1) is 16.5 Å². The quantitative estimate of drug-likeness (QED) is 0.513. The second-order valence-electron chi connectivity index (χ2n) is 11.5. The zero-order chi connectivity index (χ0) is 27.9. The molecular weight excluding hydrogens is 540 g/mol. The highest BCUT2D eigenvalue weighted by Gasteiger charge is 2.56. The van der Waals surface area contributed by atoms with Crippen molar-refractivity contribution in [2.24, 2.45) is 11.3 Å². The standard InChI is InChI=1S/C30H34Cl2FN3O3/c1-29(11-12-29)28(39)36-13-9-20(10-14-36)27(38)30(35(2)26(37)15-19-3-6-22(33)7-4-19)18-34-17-23(30)21-5-8-24(31)25(32)16-21/h3-8,16,20,23,34H,9-15,17-18H2,1-2H3/t23-,30+/m0/s1. The summed E-state index contributed by atoms with van der Waals surface area (Å²) in [6, 6.07) is 11.2. The summed E-state index contributed by atoms with van der Waals surface area (Å²) in [4.78, 5) is 44.6. The number of benzene rings is 2. The molecule has 3 aliphatic rings. The number of nitrogens with one attached hydrogen (secondary N) is 1. The van der Waals surface area contributed by atoms with Gasteiger partial charge in [-0.25, -0.2) is 4.39 Å². The van der Waals surface area contributed by atoms with Crippen molar-refractivity contribution in [1.82, 2.24) is 15.1 Å². The van der Waals surface area contributed by atoms with E-state index in [4.69, 9.17) is 23.2 Å². The Kier molecular flexibility index (Phi) is 7.79. The highest BCUT2D eigenvalue weighted by atomic mass is 35.5. The van der Waals surface area contributed by atoms with Gasteiger partial charge in [0.1, 0.15) is 11.4 Å². The Bertz CT molecular complexity index is 1270. The minimum Gasteiger partial charge on any atom is -0.342 e. The van der Waals surface area contributed by atoms with Crippen LogP contribution in [0.15, 0.2) is 42.5 Å². The van der Waals surface area contributed by atoms with E-state index in [-0.39, 0.29) is 47.1 Å². The topological polar surface area (TPSA) is 69.7 Å². The van der Waals surface area contributed by atoms with Crippen molar-refractivity contribution in [1.29, 1.82) is 0 Å². The Hall–Kier alpha value is -2.48. The number of halogens is 3. The number of hydrogen-bond donors (Lipinski definition) is 1. The predicted molar refractivity (Wildman–Crippen MR) is 149 cm³/mol. The molecule has 0 radical (unpaired) electrons. The van der Waals surface area contributed by atoms with E-state index in [0.717, 1.165) is 18.4 Å². The first-order valence-corrected chi connectivity index (χ1v) is 14.3. The molecule has 208 valence electrons. The molecule has 1 aliphatic carbocycles. The van der Waals surface area contributed by atoms with E-state index in [0.29, 0.717) is 54.6 Å². The number of carbonyl (C=O) groups excluding carboxylic acids is 3. The molecule has 0 bridgehead atoms. The van der Waals surface area contributed by atoms with Gasteiger partial charge in [0.25, 0.3) is 0 Å². The van der Waals surface area contributed by atoms with Gasteiger partial charge in [0, 0.05) is 50.5 Å². The number of rotatable bonds is 7. The van der Waals surface area contributed by atoms with Gasteiger partial charge < -0.3 is 15.1 Å². The van der Waals surface area contributed by atoms with Crippen LogP contribution in [0, 0.1) is 17.2 Å². The van der Waals surface area contributed by atoms with Gasteiger partial charge in [-0.2, -0.15) is 0 Å². The van der Waals surface area contributed by atoms with Crippen LogP contribution in [0.5, 0.6) is 0 Å². The Morgan fingerprint density at radius 1 is 1.05 bits per heavy atom. The van der Waals surface area contributed by atoms with Crippen molar-refractivity contribution < 1.29 is 18.8 Å². The van der Waals surface area contributed by atoms with Crippen molar-refractivity contribution in [3.63, 3.8) is 0 Å². The molecule has 1 N–H and O–H groups in total. The Morgan fingerprint density at radius 3 is 2.33 bits per heavy atom. The molecule has 2 heterocycles. The molecule has 2 aromatic rings. The molecule has 6 nitrogen and oxygen atoms in total. The lowest BCUT2D eigenvalue weighted by atomic mass is 9.71. The zero-order valence-corrected chi connectivity index (χ0v) is 23.8. The van der Waals surface area contributed by atoms with Crippen LogP contribution in [-0.4, -0.2) is 66.2 Å². The molecule has 2 amide bonds. The van der Waals surface area contributed by atoms with Crippen LogP contribution >= 0.6 is 23.2 Å². The average molecular weight is 575 g/mol. The van der Waals surface area contributed by atoms with Gasteiger partial charge in [0.15, 0.2) is 5.78 Å². The predicted octanol–water partition coefficient (Wildman–Crippen LogP) is 4.87. The molecule has 0 spiro atoms. The summed E-state index contributed by atoms with van der Waals surface area (Å²) in [5.41, 5.74) is 0.124. The lowest BCUT2D eigenvalue weighted by molar-refractivity contribution is -0.148. The Morgan fingerprint density at radius 2 is 1.72 bits per heavy atom. The molecular formula is C30H34Cl2FN3O3. The van der Waals surface area contributed by atoms with Crippen LogP contribution < -0.4 is 5.32 Å². The normalized spacial score (nSPS) is 24.4. The fourth-order valence-corrected chi connectivity index (χ4v) is 6.50. The van der Waals surface area contributed by atoms with Crippen molar-refractivity contribution in [2.45, 2.75) is 50.5 Å². The van der Waals surface area contributed by atoms with E-state index < -0.39 is 5.54 Å². The molecule has 5 rings (SSSR count). The summed E-state index contributed by atoms with van der Waals surface area (Å²) < 4.78 is 13.5. The van der Waals surface area contributed by atoms with Crippen molar-refractivity contribution in [3.05, 3.63) is 69.5 Å². The van der Waals surface area contributed by atoms with Crippen LogP contribution in [0.2, 0.25) is 10.0 Å². The first kappa shape index (κ1) is 28.1. The van der Waals surface area contributed by atoms with Crippen molar-refractivity contribution in [3.8, 4) is 0 Å². The van der Waals surface area contributed by atoms with Gasteiger partial charge in [-0.1, -0.05) is 48.3 Å². The summed E-state index contributed by atoms with van der Waals surface area (Å²) in [6.07, 6.45) is 3.02. The molecule has 0 unspecified atom stereocenters. The maximum Gasteiger partial charge on any atom is 0.228 e. The van der Waals surface area contributed by atoms with Gasteiger partial charge in [0.2, 0.25) is 11.8 Å². The third-order valence-electron chi connectivity index (χ3n) is 9.00. The maximum absolute atomic E-state index is 14.5. The third kappa shape index (κ3) is 5.33. The number of carbonyl (C=O) groups is 3. The van der Waals surface area contributed by atoms with Crippen LogP contribution in [0.1, 0.15) is 49.7 Å². The molecule has 2 saturated heterocycles. The molecule has 9 heteroatoms. The van der Waals surface area contributed by atoms with Crippen molar-refractivity contribution >= 4 is 40.8 Å². The second kappa shape index (κ2) is 10.8.